The number of primary amides is 1. The number of carbonyl (C=O) groups is 1. The van der Waals surface area contributed by atoms with Crippen LogP contribution < -0.4 is 16.1 Å². The molecule has 0 radical (unpaired) electrons. The lowest BCUT2D eigenvalue weighted by molar-refractivity contribution is -0.117. The molecule has 1 aliphatic carbocycles. The molecule has 1 amide bonds. The Hall–Kier alpha value is -3.15. The van der Waals surface area contributed by atoms with Crippen LogP contribution in [0.3, 0.4) is 0 Å². The SMILES string of the molecule is CC(C)(C)[Si](OCC1CCc2c(c(CC(N)=O)c3ccccn23)C1)(c1ccccc1)c1ccccc1. The summed E-state index contributed by atoms with van der Waals surface area (Å²) in [5.74, 6) is 0.114. The van der Waals surface area contributed by atoms with Crippen LogP contribution in [-0.2, 0) is 28.5 Å². The van der Waals surface area contributed by atoms with Crippen LogP contribution in [0.4, 0.5) is 0 Å². The molecule has 4 aromatic rings. The number of nitrogens with two attached hydrogens (primary N) is 1. The molecule has 2 aromatic carbocycles. The van der Waals surface area contributed by atoms with E-state index in [9.17, 15) is 4.79 Å². The number of aromatic nitrogens is 1. The summed E-state index contributed by atoms with van der Waals surface area (Å²) in [7, 11) is -2.58. The Morgan fingerprint density at radius 3 is 2.17 bits per heavy atom. The average molecular weight is 497 g/mol. The van der Waals surface area contributed by atoms with Gasteiger partial charge in [0.15, 0.2) is 0 Å². The molecular formula is C31H36N2O2Si. The Kier molecular flexibility index (Phi) is 6.62. The first-order valence-corrected chi connectivity index (χ1v) is 14.8. The van der Waals surface area contributed by atoms with Gasteiger partial charge in [0, 0.05) is 24.0 Å². The maximum atomic E-state index is 12.0. The topological polar surface area (TPSA) is 56.7 Å². The van der Waals surface area contributed by atoms with E-state index in [1.807, 2.05) is 6.07 Å². The van der Waals surface area contributed by atoms with Crippen molar-refractivity contribution in [3.8, 4) is 0 Å². The van der Waals surface area contributed by atoms with Crippen molar-refractivity contribution >= 4 is 30.1 Å². The lowest BCUT2D eigenvalue weighted by Crippen LogP contribution is -2.67. The first-order chi connectivity index (χ1) is 17.3. The zero-order valence-electron chi connectivity index (χ0n) is 21.5. The zero-order chi connectivity index (χ0) is 25.3. The molecule has 0 saturated heterocycles. The fraction of sp³-hybridized carbons (Fsp3) is 0.323. The lowest BCUT2D eigenvalue weighted by Gasteiger charge is -2.44. The largest absolute Gasteiger partial charge is 0.407 e. The molecule has 1 aliphatic rings. The second-order valence-electron chi connectivity index (χ2n) is 11.1. The summed E-state index contributed by atoms with van der Waals surface area (Å²) in [5.41, 5.74) is 10.5. The molecule has 186 valence electrons. The monoisotopic (exact) mass is 496 g/mol. The summed E-state index contributed by atoms with van der Waals surface area (Å²) < 4.78 is 9.51. The molecule has 0 saturated carbocycles. The highest BCUT2D eigenvalue weighted by atomic mass is 28.4. The minimum atomic E-state index is -2.58. The summed E-state index contributed by atoms with van der Waals surface area (Å²) in [4.78, 5) is 12.0. The van der Waals surface area contributed by atoms with Crippen molar-refractivity contribution in [2.24, 2.45) is 11.7 Å². The molecule has 36 heavy (non-hydrogen) atoms. The fourth-order valence-corrected chi connectivity index (χ4v) is 10.8. The van der Waals surface area contributed by atoms with Crippen molar-refractivity contribution in [2.45, 2.75) is 51.5 Å². The normalized spacial score (nSPS) is 16.1. The third-order valence-electron chi connectivity index (χ3n) is 7.76. The van der Waals surface area contributed by atoms with Gasteiger partial charge in [0.2, 0.25) is 5.91 Å². The zero-order valence-corrected chi connectivity index (χ0v) is 22.5. The Balaban J connectivity index is 1.50. The Bertz CT molecular complexity index is 1320. The summed E-state index contributed by atoms with van der Waals surface area (Å²) >= 11 is 0. The van der Waals surface area contributed by atoms with Gasteiger partial charge in [-0.2, -0.15) is 0 Å². The smallest absolute Gasteiger partial charge is 0.261 e. The van der Waals surface area contributed by atoms with Gasteiger partial charge in [0.25, 0.3) is 8.32 Å². The van der Waals surface area contributed by atoms with Gasteiger partial charge >= 0.3 is 0 Å². The van der Waals surface area contributed by atoms with Gasteiger partial charge in [-0.25, -0.2) is 0 Å². The maximum Gasteiger partial charge on any atom is 0.261 e. The molecule has 2 aromatic heterocycles. The number of pyridine rings is 1. The summed E-state index contributed by atoms with van der Waals surface area (Å²) in [6, 6.07) is 27.9. The third kappa shape index (κ3) is 4.31. The third-order valence-corrected chi connectivity index (χ3v) is 12.8. The molecule has 2 heterocycles. The van der Waals surface area contributed by atoms with Crippen LogP contribution >= 0.6 is 0 Å². The number of nitrogens with zero attached hydrogens (tertiary/aromatic N) is 1. The van der Waals surface area contributed by atoms with Crippen molar-refractivity contribution in [1.29, 1.82) is 0 Å². The van der Waals surface area contributed by atoms with Crippen molar-refractivity contribution in [1.82, 2.24) is 4.40 Å². The predicted octanol–water partition coefficient (Wildman–Crippen LogP) is 4.65. The van der Waals surface area contributed by atoms with E-state index < -0.39 is 8.32 Å². The average Bonchev–Trinajstić information content (AvgIpc) is 3.17. The second-order valence-corrected chi connectivity index (χ2v) is 15.4. The molecule has 2 N–H and O–H groups in total. The van der Waals surface area contributed by atoms with E-state index in [1.54, 1.807) is 0 Å². The standard InChI is InChI=1S/C31H36N2O2Si/c1-31(2,3)36(24-12-6-4-7-13-24,25-14-8-5-9-15-25)35-22-23-17-18-29-26(20-23)27(21-30(32)34)28-16-10-11-19-33(28)29/h4-16,19,23H,17-18,20-22H2,1-3H3,(H2,32,34). The van der Waals surface area contributed by atoms with Crippen LogP contribution in [0.1, 0.15) is 44.0 Å². The van der Waals surface area contributed by atoms with Crippen LogP contribution in [-0.4, -0.2) is 25.2 Å². The van der Waals surface area contributed by atoms with Crippen molar-refractivity contribution in [3.05, 3.63) is 102 Å². The number of rotatable bonds is 7. The molecule has 0 bridgehead atoms. The molecule has 1 unspecified atom stereocenters. The number of hydrogen-bond donors (Lipinski definition) is 1. The van der Waals surface area contributed by atoms with Gasteiger partial charge in [-0.3, -0.25) is 4.79 Å². The highest BCUT2D eigenvalue weighted by molar-refractivity contribution is 6.99. The van der Waals surface area contributed by atoms with Crippen LogP contribution in [0, 0.1) is 5.92 Å². The predicted molar refractivity (Wildman–Crippen MR) is 149 cm³/mol. The maximum absolute atomic E-state index is 12.0. The van der Waals surface area contributed by atoms with Gasteiger partial charge in [0.05, 0.1) is 6.42 Å². The highest BCUT2D eigenvalue weighted by Crippen LogP contribution is 2.39. The second kappa shape index (κ2) is 9.72. The van der Waals surface area contributed by atoms with Crippen LogP contribution in [0.15, 0.2) is 85.1 Å². The van der Waals surface area contributed by atoms with E-state index >= 15 is 0 Å². The lowest BCUT2D eigenvalue weighted by atomic mass is 9.85. The Morgan fingerprint density at radius 1 is 0.972 bits per heavy atom. The van der Waals surface area contributed by atoms with Crippen LogP contribution in [0.2, 0.25) is 5.04 Å². The van der Waals surface area contributed by atoms with Crippen molar-refractivity contribution < 1.29 is 9.22 Å². The van der Waals surface area contributed by atoms with Crippen LogP contribution in [0.5, 0.6) is 0 Å². The van der Waals surface area contributed by atoms with E-state index in [2.05, 4.69) is 104 Å². The minimum Gasteiger partial charge on any atom is -0.407 e. The van der Waals surface area contributed by atoms with Gasteiger partial charge in [0.1, 0.15) is 0 Å². The van der Waals surface area contributed by atoms with E-state index in [1.165, 1.54) is 21.6 Å². The van der Waals surface area contributed by atoms with Gasteiger partial charge in [-0.15, -0.1) is 0 Å². The van der Waals surface area contributed by atoms with Crippen molar-refractivity contribution in [2.75, 3.05) is 6.61 Å². The molecular weight excluding hydrogens is 460 g/mol. The molecule has 4 nitrogen and oxygen atoms in total. The number of fused-ring (bicyclic) bond motifs is 3. The number of benzene rings is 2. The summed E-state index contributed by atoms with van der Waals surface area (Å²) in [6.07, 6.45) is 5.36. The molecule has 0 fully saturated rings. The molecule has 5 rings (SSSR count). The molecule has 0 aliphatic heterocycles. The van der Waals surface area contributed by atoms with E-state index in [-0.39, 0.29) is 17.4 Å². The van der Waals surface area contributed by atoms with E-state index in [4.69, 9.17) is 10.2 Å². The highest BCUT2D eigenvalue weighted by Gasteiger charge is 2.50. The minimum absolute atomic E-state index is 0.0441. The van der Waals surface area contributed by atoms with E-state index in [0.717, 1.165) is 30.3 Å². The number of aryl methyl sites for hydroxylation is 1. The first kappa shape index (κ1) is 24.5. The Labute approximate surface area is 215 Å². The summed E-state index contributed by atoms with van der Waals surface area (Å²) in [6.45, 7) is 7.67. The molecule has 0 spiro atoms. The molecule has 1 atom stereocenters. The Morgan fingerprint density at radius 2 is 1.58 bits per heavy atom. The van der Waals surface area contributed by atoms with E-state index in [0.29, 0.717) is 12.5 Å². The van der Waals surface area contributed by atoms with Gasteiger partial charge in [-0.05, 0) is 63.9 Å². The first-order valence-electron chi connectivity index (χ1n) is 12.9. The summed E-state index contributed by atoms with van der Waals surface area (Å²) in [5, 5.41) is 2.57. The van der Waals surface area contributed by atoms with Crippen molar-refractivity contribution in [3.63, 3.8) is 0 Å². The fourth-order valence-electron chi connectivity index (χ4n) is 6.16. The number of amides is 1. The van der Waals surface area contributed by atoms with Crippen LogP contribution in [0.25, 0.3) is 5.52 Å². The van der Waals surface area contributed by atoms with Gasteiger partial charge in [-0.1, -0.05) is 87.5 Å². The number of hydrogen-bond acceptors (Lipinski definition) is 2. The molecule has 5 heteroatoms. The number of carbonyl (C=O) groups excluding carboxylic acids is 1. The van der Waals surface area contributed by atoms with Gasteiger partial charge < -0.3 is 14.6 Å². The quantitative estimate of drug-likeness (QED) is 0.379.